The molecule has 6 nitrogen and oxygen atoms in total. The number of hydrogen-bond donors (Lipinski definition) is 1. The maximum atomic E-state index is 14.2. The maximum Gasteiger partial charge on any atom is 0.258 e. The van der Waals surface area contributed by atoms with Crippen molar-refractivity contribution in [1.82, 2.24) is 4.31 Å². The summed E-state index contributed by atoms with van der Waals surface area (Å²) in [7, 11) is -2.29. The Bertz CT molecular complexity index is 914. The minimum atomic E-state index is -3.81. The van der Waals surface area contributed by atoms with Gasteiger partial charge in [-0.05, 0) is 48.9 Å². The van der Waals surface area contributed by atoms with E-state index < -0.39 is 21.7 Å². The highest BCUT2D eigenvalue weighted by Crippen LogP contribution is 2.21. The molecule has 0 bridgehead atoms. The van der Waals surface area contributed by atoms with Gasteiger partial charge < -0.3 is 10.1 Å². The molecule has 0 saturated carbocycles. The van der Waals surface area contributed by atoms with Crippen LogP contribution >= 0.6 is 0 Å². The molecule has 0 aliphatic carbocycles. The van der Waals surface area contributed by atoms with E-state index in [0.29, 0.717) is 24.5 Å². The number of benzene rings is 2. The highest BCUT2D eigenvalue weighted by Gasteiger charge is 2.25. The number of halogens is 1. The summed E-state index contributed by atoms with van der Waals surface area (Å²) in [5.74, 6) is -0.901. The molecule has 0 aliphatic rings. The molecule has 8 heteroatoms. The zero-order chi connectivity index (χ0) is 20.7. The molecule has 0 unspecified atom stereocenters. The largest absolute Gasteiger partial charge is 0.497 e. The Balaban J connectivity index is 2.29. The van der Waals surface area contributed by atoms with Crippen molar-refractivity contribution in [1.29, 1.82) is 0 Å². The smallest absolute Gasteiger partial charge is 0.258 e. The van der Waals surface area contributed by atoms with Gasteiger partial charge in [0.15, 0.2) is 0 Å². The summed E-state index contributed by atoms with van der Waals surface area (Å²) in [6, 6.07) is 9.79. The predicted octanol–water partition coefficient (Wildman–Crippen LogP) is 3.90. The van der Waals surface area contributed by atoms with Crippen molar-refractivity contribution in [2.45, 2.75) is 31.6 Å². The Morgan fingerprint density at radius 1 is 1.14 bits per heavy atom. The van der Waals surface area contributed by atoms with E-state index in [2.05, 4.69) is 5.32 Å². The van der Waals surface area contributed by atoms with Gasteiger partial charge in [-0.25, -0.2) is 12.8 Å². The van der Waals surface area contributed by atoms with Crippen molar-refractivity contribution < 1.29 is 22.3 Å². The molecule has 2 rings (SSSR count). The first-order chi connectivity index (χ1) is 13.3. The lowest BCUT2D eigenvalue weighted by atomic mass is 10.2. The molecular formula is C20H25FN2O4S. The number of hydrogen-bond acceptors (Lipinski definition) is 4. The van der Waals surface area contributed by atoms with Crippen LogP contribution in [0.5, 0.6) is 5.75 Å². The van der Waals surface area contributed by atoms with Crippen LogP contribution in [0.4, 0.5) is 10.1 Å². The van der Waals surface area contributed by atoms with Gasteiger partial charge in [0, 0.05) is 18.8 Å². The summed E-state index contributed by atoms with van der Waals surface area (Å²) in [4.78, 5) is 12.4. The summed E-state index contributed by atoms with van der Waals surface area (Å²) < 4.78 is 46.3. The van der Waals surface area contributed by atoms with E-state index in [0.717, 1.165) is 25.0 Å². The van der Waals surface area contributed by atoms with Crippen LogP contribution < -0.4 is 10.1 Å². The number of anilines is 1. The minimum absolute atomic E-state index is 0.105. The van der Waals surface area contributed by atoms with Crippen molar-refractivity contribution in [3.8, 4) is 5.75 Å². The standard InChI is InChI=1S/C20H25FN2O4S/c1-4-6-13-23(5-2)28(25,26)17-11-12-19(21)18(14-17)20(24)22-15-7-9-16(27-3)10-8-15/h7-12,14H,4-6,13H2,1-3H3,(H,22,24). The molecule has 0 radical (unpaired) electrons. The third-order valence-electron chi connectivity index (χ3n) is 4.28. The Kier molecular flexibility index (Phi) is 7.53. The number of nitrogens with one attached hydrogen (secondary N) is 1. The second-order valence-corrected chi connectivity index (χ2v) is 8.11. The normalized spacial score (nSPS) is 11.5. The number of carbonyl (C=O) groups excluding carboxylic acids is 1. The van der Waals surface area contributed by atoms with E-state index in [-0.39, 0.29) is 10.5 Å². The van der Waals surface area contributed by atoms with Crippen molar-refractivity contribution in [2.24, 2.45) is 0 Å². The van der Waals surface area contributed by atoms with E-state index in [1.165, 1.54) is 17.5 Å². The number of amides is 1. The van der Waals surface area contributed by atoms with Gasteiger partial charge in [0.2, 0.25) is 10.0 Å². The van der Waals surface area contributed by atoms with E-state index in [1.54, 1.807) is 31.2 Å². The zero-order valence-corrected chi connectivity index (χ0v) is 17.1. The van der Waals surface area contributed by atoms with Gasteiger partial charge in [-0.15, -0.1) is 0 Å². The van der Waals surface area contributed by atoms with Gasteiger partial charge in [0.25, 0.3) is 5.91 Å². The van der Waals surface area contributed by atoms with E-state index >= 15 is 0 Å². The fourth-order valence-electron chi connectivity index (χ4n) is 2.64. The zero-order valence-electron chi connectivity index (χ0n) is 16.2. The molecule has 0 aromatic heterocycles. The molecule has 0 saturated heterocycles. The van der Waals surface area contributed by atoms with Gasteiger partial charge in [0.05, 0.1) is 17.6 Å². The number of rotatable bonds is 9. The Labute approximate surface area is 165 Å². The van der Waals surface area contributed by atoms with Crippen molar-refractivity contribution in [3.63, 3.8) is 0 Å². The van der Waals surface area contributed by atoms with Crippen LogP contribution in [0, 0.1) is 5.82 Å². The third kappa shape index (κ3) is 5.08. The molecule has 28 heavy (non-hydrogen) atoms. The SMILES string of the molecule is CCCCN(CC)S(=O)(=O)c1ccc(F)c(C(=O)Nc2ccc(OC)cc2)c1. The Morgan fingerprint density at radius 3 is 2.39 bits per heavy atom. The van der Waals surface area contributed by atoms with E-state index in [4.69, 9.17) is 4.74 Å². The fourth-order valence-corrected chi connectivity index (χ4v) is 4.16. The van der Waals surface area contributed by atoms with Crippen LogP contribution in [0.1, 0.15) is 37.0 Å². The lowest BCUT2D eigenvalue weighted by Gasteiger charge is -2.20. The van der Waals surface area contributed by atoms with Crippen LogP contribution in [-0.4, -0.2) is 38.8 Å². The Hall–Kier alpha value is -2.45. The van der Waals surface area contributed by atoms with Crippen LogP contribution in [0.25, 0.3) is 0 Å². The monoisotopic (exact) mass is 408 g/mol. The molecular weight excluding hydrogens is 383 g/mol. The van der Waals surface area contributed by atoms with Crippen molar-refractivity contribution in [2.75, 3.05) is 25.5 Å². The molecule has 2 aromatic rings. The Morgan fingerprint density at radius 2 is 1.82 bits per heavy atom. The lowest BCUT2D eigenvalue weighted by Crippen LogP contribution is -2.32. The van der Waals surface area contributed by atoms with Crippen LogP contribution in [-0.2, 0) is 10.0 Å². The number of carbonyl (C=O) groups is 1. The average Bonchev–Trinajstić information content (AvgIpc) is 2.69. The van der Waals surface area contributed by atoms with Gasteiger partial charge >= 0.3 is 0 Å². The molecule has 0 spiro atoms. The molecule has 0 heterocycles. The first kappa shape index (κ1) is 21.8. The number of sulfonamides is 1. The first-order valence-corrected chi connectivity index (χ1v) is 10.5. The summed E-state index contributed by atoms with van der Waals surface area (Å²) >= 11 is 0. The second-order valence-electron chi connectivity index (χ2n) is 6.17. The second kappa shape index (κ2) is 9.66. The van der Waals surface area contributed by atoms with E-state index in [1.807, 2.05) is 6.92 Å². The van der Waals surface area contributed by atoms with Crippen LogP contribution in [0.2, 0.25) is 0 Å². The number of ether oxygens (including phenoxy) is 1. The molecule has 1 amide bonds. The fraction of sp³-hybridized carbons (Fsp3) is 0.350. The number of unbranched alkanes of at least 4 members (excludes halogenated alkanes) is 1. The highest BCUT2D eigenvalue weighted by atomic mass is 32.2. The summed E-state index contributed by atoms with van der Waals surface area (Å²) in [5, 5.41) is 2.56. The van der Waals surface area contributed by atoms with Crippen LogP contribution in [0.3, 0.4) is 0 Å². The molecule has 2 aromatic carbocycles. The van der Waals surface area contributed by atoms with E-state index in [9.17, 15) is 17.6 Å². The summed E-state index contributed by atoms with van der Waals surface area (Å²) in [6.45, 7) is 4.39. The quantitative estimate of drug-likeness (QED) is 0.683. The maximum absolute atomic E-state index is 14.2. The highest BCUT2D eigenvalue weighted by molar-refractivity contribution is 7.89. The summed E-state index contributed by atoms with van der Waals surface area (Å²) in [6.07, 6.45) is 1.57. The molecule has 0 fully saturated rings. The number of nitrogens with zero attached hydrogens (tertiary/aromatic N) is 1. The molecule has 0 aliphatic heterocycles. The van der Waals surface area contributed by atoms with Gasteiger partial charge in [-0.1, -0.05) is 20.3 Å². The van der Waals surface area contributed by atoms with Crippen molar-refractivity contribution >= 4 is 21.6 Å². The molecule has 152 valence electrons. The first-order valence-electron chi connectivity index (χ1n) is 9.08. The topological polar surface area (TPSA) is 75.7 Å². The summed E-state index contributed by atoms with van der Waals surface area (Å²) in [5.41, 5.74) is 0.111. The molecule has 1 N–H and O–H groups in total. The van der Waals surface area contributed by atoms with Crippen LogP contribution in [0.15, 0.2) is 47.4 Å². The average molecular weight is 408 g/mol. The number of methoxy groups -OCH3 is 1. The molecule has 0 atom stereocenters. The van der Waals surface area contributed by atoms with Gasteiger partial charge in [-0.3, -0.25) is 4.79 Å². The van der Waals surface area contributed by atoms with Crippen molar-refractivity contribution in [3.05, 3.63) is 53.8 Å². The predicted molar refractivity (Wildman–Crippen MR) is 107 cm³/mol. The lowest BCUT2D eigenvalue weighted by molar-refractivity contribution is 0.102. The van der Waals surface area contributed by atoms with Gasteiger partial charge in [0.1, 0.15) is 11.6 Å². The van der Waals surface area contributed by atoms with Gasteiger partial charge in [-0.2, -0.15) is 4.31 Å². The third-order valence-corrected chi connectivity index (χ3v) is 6.25. The minimum Gasteiger partial charge on any atom is -0.497 e.